The van der Waals surface area contributed by atoms with E-state index in [1.54, 1.807) is 18.2 Å². The molecule has 1 rings (SSSR count). The van der Waals surface area contributed by atoms with Gasteiger partial charge in [-0.25, -0.2) is 8.42 Å². The maximum absolute atomic E-state index is 12.5. The average molecular weight is 301 g/mol. The summed E-state index contributed by atoms with van der Waals surface area (Å²) < 4.78 is 31.0. The maximum atomic E-state index is 12.5. The van der Waals surface area contributed by atoms with Crippen LogP contribution in [0.1, 0.15) is 6.92 Å². The fourth-order valence-electron chi connectivity index (χ4n) is 1.63. The number of methoxy groups -OCH3 is 1. The van der Waals surface area contributed by atoms with Crippen LogP contribution >= 0.6 is 0 Å². The van der Waals surface area contributed by atoms with Crippen LogP contribution in [-0.4, -0.2) is 50.6 Å². The van der Waals surface area contributed by atoms with E-state index >= 15 is 0 Å². The monoisotopic (exact) mass is 301 g/mol. The van der Waals surface area contributed by atoms with E-state index in [1.807, 2.05) is 0 Å². The zero-order valence-electron chi connectivity index (χ0n) is 11.5. The lowest BCUT2D eigenvalue weighted by atomic mass is 10.2. The molecule has 0 radical (unpaired) electrons. The predicted octanol–water partition coefficient (Wildman–Crippen LogP) is 1.04. The van der Waals surface area contributed by atoms with Gasteiger partial charge in [0, 0.05) is 20.2 Å². The van der Waals surface area contributed by atoms with Crippen molar-refractivity contribution in [1.82, 2.24) is 4.31 Å². The second-order valence-corrected chi connectivity index (χ2v) is 6.35. The number of hydrogen-bond acceptors (Lipinski definition) is 4. The summed E-state index contributed by atoms with van der Waals surface area (Å²) in [5.74, 6) is -1.82. The van der Waals surface area contributed by atoms with Crippen LogP contribution in [-0.2, 0) is 19.6 Å². The number of hydrogen-bond donors (Lipinski definition) is 1. The second kappa shape index (κ2) is 7.37. The number of rotatable bonds is 8. The molecule has 0 fully saturated rings. The third kappa shape index (κ3) is 4.29. The molecule has 7 heteroatoms. The first-order valence-corrected chi connectivity index (χ1v) is 7.60. The Morgan fingerprint density at radius 3 is 2.45 bits per heavy atom. The smallest absolute Gasteiger partial charge is 0.307 e. The molecule has 20 heavy (non-hydrogen) atoms. The number of carbonyl (C=O) groups is 1. The van der Waals surface area contributed by atoms with Crippen molar-refractivity contribution in [3.05, 3.63) is 30.3 Å². The summed E-state index contributed by atoms with van der Waals surface area (Å²) in [5.41, 5.74) is 0. The summed E-state index contributed by atoms with van der Waals surface area (Å²) in [6.45, 7) is 1.71. The highest BCUT2D eigenvalue weighted by molar-refractivity contribution is 7.89. The van der Waals surface area contributed by atoms with Crippen molar-refractivity contribution in [2.75, 3.05) is 26.8 Å². The molecule has 1 unspecified atom stereocenters. The van der Waals surface area contributed by atoms with Crippen LogP contribution in [0.25, 0.3) is 0 Å². The third-order valence-corrected chi connectivity index (χ3v) is 4.70. The number of nitrogens with zero attached hydrogens (tertiary/aromatic N) is 1. The van der Waals surface area contributed by atoms with E-state index in [0.717, 1.165) is 4.31 Å². The van der Waals surface area contributed by atoms with Crippen LogP contribution in [0, 0.1) is 5.92 Å². The Hall–Kier alpha value is -1.44. The van der Waals surface area contributed by atoms with Crippen molar-refractivity contribution in [2.24, 2.45) is 5.92 Å². The van der Waals surface area contributed by atoms with E-state index in [4.69, 9.17) is 9.84 Å². The van der Waals surface area contributed by atoms with Gasteiger partial charge in [0.15, 0.2) is 0 Å². The van der Waals surface area contributed by atoms with Crippen LogP contribution in [0.4, 0.5) is 0 Å². The van der Waals surface area contributed by atoms with Crippen molar-refractivity contribution < 1.29 is 23.1 Å². The first kappa shape index (κ1) is 16.6. The number of aliphatic carboxylic acids is 1. The Bertz CT molecular complexity index is 529. The Morgan fingerprint density at radius 2 is 1.95 bits per heavy atom. The largest absolute Gasteiger partial charge is 0.481 e. The second-order valence-electron chi connectivity index (χ2n) is 4.41. The van der Waals surface area contributed by atoms with Gasteiger partial charge in [-0.15, -0.1) is 0 Å². The standard InChI is InChI=1S/C13H19NO5S/c1-11(13(15)16)10-14(8-9-19-2)20(17,18)12-6-4-3-5-7-12/h3-7,11H,8-10H2,1-2H3,(H,15,16). The van der Waals surface area contributed by atoms with Crippen LogP contribution in [0.5, 0.6) is 0 Å². The van der Waals surface area contributed by atoms with Crippen molar-refractivity contribution in [1.29, 1.82) is 0 Å². The molecule has 1 atom stereocenters. The van der Waals surface area contributed by atoms with Gasteiger partial charge in [-0.1, -0.05) is 25.1 Å². The van der Waals surface area contributed by atoms with Crippen molar-refractivity contribution >= 4 is 16.0 Å². The summed E-state index contributed by atoms with van der Waals surface area (Å²) in [5, 5.41) is 8.94. The highest BCUT2D eigenvalue weighted by Gasteiger charge is 2.27. The molecule has 112 valence electrons. The lowest BCUT2D eigenvalue weighted by Gasteiger charge is -2.23. The highest BCUT2D eigenvalue weighted by Crippen LogP contribution is 2.16. The van der Waals surface area contributed by atoms with E-state index in [0.29, 0.717) is 0 Å². The van der Waals surface area contributed by atoms with Crippen molar-refractivity contribution in [3.63, 3.8) is 0 Å². The molecule has 0 aliphatic rings. The summed E-state index contributed by atoms with van der Waals surface area (Å²) in [4.78, 5) is 11.1. The fourth-order valence-corrected chi connectivity index (χ4v) is 3.16. The molecule has 0 saturated carbocycles. The molecular formula is C13H19NO5S. The van der Waals surface area contributed by atoms with Crippen LogP contribution in [0.2, 0.25) is 0 Å². The molecule has 0 bridgehead atoms. The molecule has 1 aromatic rings. The Labute approximate surface area is 119 Å². The van der Waals surface area contributed by atoms with Crippen molar-refractivity contribution in [2.45, 2.75) is 11.8 Å². The predicted molar refractivity (Wildman–Crippen MR) is 73.9 cm³/mol. The van der Waals surface area contributed by atoms with Gasteiger partial charge >= 0.3 is 5.97 Å². The van der Waals surface area contributed by atoms with Gasteiger partial charge in [-0.2, -0.15) is 4.31 Å². The molecule has 0 aliphatic heterocycles. The van der Waals surface area contributed by atoms with E-state index in [9.17, 15) is 13.2 Å². The zero-order chi connectivity index (χ0) is 15.2. The molecule has 0 saturated heterocycles. The SMILES string of the molecule is COCCN(CC(C)C(=O)O)S(=O)(=O)c1ccccc1. The Morgan fingerprint density at radius 1 is 1.35 bits per heavy atom. The minimum atomic E-state index is -3.71. The normalized spacial score (nSPS) is 13.3. The van der Waals surface area contributed by atoms with Crippen LogP contribution in [0.15, 0.2) is 35.2 Å². The number of sulfonamides is 1. The minimum absolute atomic E-state index is 0.0874. The van der Waals surface area contributed by atoms with Crippen molar-refractivity contribution in [3.8, 4) is 0 Å². The fraction of sp³-hybridized carbons (Fsp3) is 0.462. The molecule has 1 N–H and O–H groups in total. The van der Waals surface area contributed by atoms with Crippen LogP contribution < -0.4 is 0 Å². The third-order valence-electron chi connectivity index (χ3n) is 2.82. The Balaban J connectivity index is 3.00. The van der Waals surface area contributed by atoms with Gasteiger partial charge in [0.1, 0.15) is 0 Å². The van der Waals surface area contributed by atoms with E-state index < -0.39 is 21.9 Å². The first-order valence-electron chi connectivity index (χ1n) is 6.16. The summed E-state index contributed by atoms with van der Waals surface area (Å²) in [6, 6.07) is 7.95. The first-order chi connectivity index (χ1) is 9.39. The summed E-state index contributed by atoms with van der Waals surface area (Å²) >= 11 is 0. The number of benzene rings is 1. The molecule has 1 aromatic carbocycles. The summed E-state index contributed by atoms with van der Waals surface area (Å²) in [6.07, 6.45) is 0. The number of carboxylic acid groups (broad SMARTS) is 1. The highest BCUT2D eigenvalue weighted by atomic mass is 32.2. The zero-order valence-corrected chi connectivity index (χ0v) is 12.3. The van der Waals surface area contributed by atoms with Crippen LogP contribution in [0.3, 0.4) is 0 Å². The van der Waals surface area contributed by atoms with E-state index in [-0.39, 0.29) is 24.6 Å². The quantitative estimate of drug-likeness (QED) is 0.775. The molecule has 6 nitrogen and oxygen atoms in total. The molecule has 0 heterocycles. The number of ether oxygens (including phenoxy) is 1. The number of carboxylic acids is 1. The minimum Gasteiger partial charge on any atom is -0.481 e. The topological polar surface area (TPSA) is 83.9 Å². The molecule has 0 amide bonds. The average Bonchev–Trinajstić information content (AvgIpc) is 2.43. The van der Waals surface area contributed by atoms with Gasteiger partial charge in [-0.05, 0) is 12.1 Å². The lowest BCUT2D eigenvalue weighted by Crippen LogP contribution is -2.39. The van der Waals surface area contributed by atoms with Gasteiger partial charge in [0.25, 0.3) is 0 Å². The molecule has 0 aliphatic carbocycles. The van der Waals surface area contributed by atoms with Gasteiger partial charge < -0.3 is 9.84 Å². The van der Waals surface area contributed by atoms with E-state index in [1.165, 1.54) is 26.2 Å². The summed E-state index contributed by atoms with van der Waals surface area (Å²) in [7, 11) is -2.25. The van der Waals surface area contributed by atoms with E-state index in [2.05, 4.69) is 0 Å². The lowest BCUT2D eigenvalue weighted by molar-refractivity contribution is -0.141. The van der Waals surface area contributed by atoms with Gasteiger partial charge in [-0.3, -0.25) is 4.79 Å². The van der Waals surface area contributed by atoms with Gasteiger partial charge in [0.05, 0.1) is 17.4 Å². The maximum Gasteiger partial charge on any atom is 0.307 e. The van der Waals surface area contributed by atoms with Gasteiger partial charge in [0.2, 0.25) is 10.0 Å². The Kier molecular flexibility index (Phi) is 6.12. The molecule has 0 aromatic heterocycles. The molecular weight excluding hydrogens is 282 g/mol. The molecule has 0 spiro atoms.